The van der Waals surface area contributed by atoms with Gasteiger partial charge in [-0.05, 0) is 71.7 Å². The van der Waals surface area contributed by atoms with Crippen molar-refractivity contribution in [3.63, 3.8) is 0 Å². The van der Waals surface area contributed by atoms with Gasteiger partial charge in [0, 0.05) is 22.7 Å². The molecule has 0 unspecified atom stereocenters. The Bertz CT molecular complexity index is 1170. The lowest BCUT2D eigenvalue weighted by Gasteiger charge is -2.55. The van der Waals surface area contributed by atoms with E-state index in [9.17, 15) is 19.2 Å². The normalized spacial score (nSPS) is 19.0. The number of imide groups is 1. The smallest absolute Gasteiger partial charge is 0.280 e. The number of amides is 4. The molecular formula is C27H32N4O4. The summed E-state index contributed by atoms with van der Waals surface area (Å²) in [4.78, 5) is 53.1. The largest absolute Gasteiger partial charge is 0.328 e. The fraction of sp³-hybridized carbons (Fsp3) is 0.407. The second-order valence-corrected chi connectivity index (χ2v) is 10.6. The molecule has 2 aliphatic rings. The number of likely N-dealkylation sites (tertiary alicyclic amines) is 1. The maximum atomic E-state index is 13.3. The SMILES string of the molecule is Cc1ccc2c(c1)C(=O)N(NC(=O)CNC1CC(C)(C)N(C(=O)c3ccccc3)C(C)(C)C1)C2=O. The monoisotopic (exact) mass is 476 g/mol. The Morgan fingerprint density at radius 1 is 0.914 bits per heavy atom. The highest BCUT2D eigenvalue weighted by molar-refractivity contribution is 6.21. The summed E-state index contributed by atoms with van der Waals surface area (Å²) in [5, 5.41) is 4.05. The van der Waals surface area contributed by atoms with Gasteiger partial charge in [0.25, 0.3) is 23.6 Å². The van der Waals surface area contributed by atoms with E-state index in [2.05, 4.69) is 10.7 Å². The molecule has 0 atom stereocenters. The molecule has 0 radical (unpaired) electrons. The van der Waals surface area contributed by atoms with E-state index < -0.39 is 28.8 Å². The molecule has 2 aromatic rings. The number of hydrazine groups is 1. The molecule has 4 rings (SSSR count). The minimum Gasteiger partial charge on any atom is -0.328 e. The van der Waals surface area contributed by atoms with Crippen molar-refractivity contribution >= 4 is 23.6 Å². The highest BCUT2D eigenvalue weighted by Gasteiger charge is 2.48. The van der Waals surface area contributed by atoms with E-state index in [1.807, 2.05) is 69.9 Å². The lowest BCUT2D eigenvalue weighted by atomic mass is 9.76. The molecular weight excluding hydrogens is 444 g/mol. The van der Waals surface area contributed by atoms with Crippen molar-refractivity contribution in [2.45, 2.75) is 64.6 Å². The van der Waals surface area contributed by atoms with Crippen LogP contribution in [0.25, 0.3) is 0 Å². The molecule has 8 heteroatoms. The van der Waals surface area contributed by atoms with Gasteiger partial charge in [-0.15, -0.1) is 0 Å². The topological polar surface area (TPSA) is 98.8 Å². The van der Waals surface area contributed by atoms with Crippen molar-refractivity contribution in [3.8, 4) is 0 Å². The van der Waals surface area contributed by atoms with Gasteiger partial charge in [-0.2, -0.15) is 5.01 Å². The molecule has 2 N–H and O–H groups in total. The number of hydrogen-bond acceptors (Lipinski definition) is 5. The molecule has 35 heavy (non-hydrogen) atoms. The Labute approximate surface area is 205 Å². The zero-order chi connectivity index (χ0) is 25.5. The van der Waals surface area contributed by atoms with Crippen molar-refractivity contribution in [3.05, 3.63) is 70.8 Å². The summed E-state index contributed by atoms with van der Waals surface area (Å²) in [6.45, 7) is 9.91. The summed E-state index contributed by atoms with van der Waals surface area (Å²) < 4.78 is 0. The molecule has 2 aromatic carbocycles. The fourth-order valence-electron chi connectivity index (χ4n) is 5.54. The number of fused-ring (bicyclic) bond motifs is 1. The van der Waals surface area contributed by atoms with Gasteiger partial charge in [0.05, 0.1) is 17.7 Å². The number of carbonyl (C=O) groups excluding carboxylic acids is 4. The summed E-state index contributed by atoms with van der Waals surface area (Å²) in [7, 11) is 0. The Morgan fingerprint density at radius 3 is 2.14 bits per heavy atom. The number of nitrogens with one attached hydrogen (secondary N) is 2. The number of aryl methyl sites for hydroxylation is 1. The third-order valence-corrected chi connectivity index (χ3v) is 6.76. The van der Waals surface area contributed by atoms with E-state index in [1.54, 1.807) is 18.2 Å². The first-order chi connectivity index (χ1) is 16.4. The molecule has 0 aromatic heterocycles. The molecule has 1 fully saturated rings. The number of carbonyl (C=O) groups is 4. The third kappa shape index (κ3) is 4.71. The van der Waals surface area contributed by atoms with Crippen LogP contribution in [-0.4, -0.2) is 57.2 Å². The minimum atomic E-state index is -0.534. The average molecular weight is 477 g/mol. The van der Waals surface area contributed by atoms with Crippen molar-refractivity contribution in [2.24, 2.45) is 0 Å². The number of piperidine rings is 1. The first-order valence-corrected chi connectivity index (χ1v) is 11.8. The van der Waals surface area contributed by atoms with E-state index in [4.69, 9.17) is 0 Å². The molecule has 0 saturated carbocycles. The van der Waals surface area contributed by atoms with Crippen molar-refractivity contribution in [2.75, 3.05) is 6.54 Å². The van der Waals surface area contributed by atoms with Crippen LogP contribution >= 0.6 is 0 Å². The van der Waals surface area contributed by atoms with E-state index in [0.29, 0.717) is 24.0 Å². The van der Waals surface area contributed by atoms with Crippen LogP contribution in [-0.2, 0) is 4.79 Å². The Balaban J connectivity index is 1.39. The van der Waals surface area contributed by atoms with Gasteiger partial charge in [-0.1, -0.05) is 29.8 Å². The first kappa shape index (κ1) is 24.6. The molecule has 4 amide bonds. The second kappa shape index (κ2) is 8.92. The summed E-state index contributed by atoms with van der Waals surface area (Å²) >= 11 is 0. The van der Waals surface area contributed by atoms with Crippen LogP contribution in [0.15, 0.2) is 48.5 Å². The zero-order valence-electron chi connectivity index (χ0n) is 20.8. The molecule has 2 aliphatic heterocycles. The van der Waals surface area contributed by atoms with Crippen LogP contribution < -0.4 is 10.7 Å². The van der Waals surface area contributed by atoms with Crippen LogP contribution in [0.5, 0.6) is 0 Å². The van der Waals surface area contributed by atoms with Crippen molar-refractivity contribution in [1.82, 2.24) is 20.7 Å². The highest BCUT2D eigenvalue weighted by atomic mass is 16.2. The number of benzene rings is 2. The predicted octanol–water partition coefficient (Wildman–Crippen LogP) is 3.07. The molecule has 0 spiro atoms. The summed E-state index contributed by atoms with van der Waals surface area (Å²) in [5.41, 5.74) is 3.62. The van der Waals surface area contributed by atoms with Gasteiger partial charge < -0.3 is 10.2 Å². The Kier molecular flexibility index (Phi) is 6.27. The van der Waals surface area contributed by atoms with E-state index in [-0.39, 0.29) is 24.1 Å². The Morgan fingerprint density at radius 2 is 1.51 bits per heavy atom. The minimum absolute atomic E-state index is 0.0161. The van der Waals surface area contributed by atoms with E-state index in [0.717, 1.165) is 10.6 Å². The number of hydrogen-bond donors (Lipinski definition) is 2. The lowest BCUT2D eigenvalue weighted by molar-refractivity contribution is -0.123. The molecule has 184 valence electrons. The zero-order valence-corrected chi connectivity index (χ0v) is 20.8. The summed E-state index contributed by atoms with van der Waals surface area (Å²) in [5.74, 6) is -1.56. The molecule has 0 aliphatic carbocycles. The average Bonchev–Trinajstić information content (AvgIpc) is 3.00. The van der Waals surface area contributed by atoms with Gasteiger partial charge in [-0.25, -0.2) is 0 Å². The van der Waals surface area contributed by atoms with Crippen LogP contribution in [0.3, 0.4) is 0 Å². The Hall–Kier alpha value is -3.52. The molecule has 8 nitrogen and oxygen atoms in total. The van der Waals surface area contributed by atoms with E-state index >= 15 is 0 Å². The second-order valence-electron chi connectivity index (χ2n) is 10.6. The third-order valence-electron chi connectivity index (χ3n) is 6.76. The lowest BCUT2D eigenvalue weighted by Crippen LogP contribution is -2.66. The van der Waals surface area contributed by atoms with Gasteiger partial charge in [0.1, 0.15) is 0 Å². The fourth-order valence-corrected chi connectivity index (χ4v) is 5.54. The molecule has 1 saturated heterocycles. The quantitative estimate of drug-likeness (QED) is 0.647. The van der Waals surface area contributed by atoms with Crippen LogP contribution in [0.2, 0.25) is 0 Å². The van der Waals surface area contributed by atoms with E-state index in [1.165, 1.54) is 0 Å². The van der Waals surface area contributed by atoms with Crippen molar-refractivity contribution < 1.29 is 19.2 Å². The van der Waals surface area contributed by atoms with Crippen LogP contribution in [0.1, 0.15) is 77.2 Å². The van der Waals surface area contributed by atoms with Gasteiger partial charge in [-0.3, -0.25) is 24.6 Å². The van der Waals surface area contributed by atoms with Gasteiger partial charge in [0.15, 0.2) is 0 Å². The maximum absolute atomic E-state index is 13.3. The highest BCUT2D eigenvalue weighted by Crippen LogP contribution is 2.39. The predicted molar refractivity (Wildman–Crippen MR) is 132 cm³/mol. The summed E-state index contributed by atoms with van der Waals surface area (Å²) in [6, 6.07) is 14.2. The van der Waals surface area contributed by atoms with Crippen molar-refractivity contribution in [1.29, 1.82) is 0 Å². The van der Waals surface area contributed by atoms with Gasteiger partial charge in [0.2, 0.25) is 0 Å². The first-order valence-electron chi connectivity index (χ1n) is 11.8. The van der Waals surface area contributed by atoms with Crippen LogP contribution in [0.4, 0.5) is 0 Å². The maximum Gasteiger partial charge on any atom is 0.280 e. The summed E-state index contributed by atoms with van der Waals surface area (Å²) in [6.07, 6.45) is 1.29. The standard InChI is InChI=1S/C27H32N4O4/c1-17-11-12-20-21(13-17)25(35)30(24(20)34)29-22(32)16-28-19-14-26(2,3)31(27(4,5)15-19)23(33)18-9-7-6-8-10-18/h6-13,19,28H,14-16H2,1-5H3,(H,29,32). The number of rotatable bonds is 5. The van der Waals surface area contributed by atoms with Gasteiger partial charge >= 0.3 is 0 Å². The number of nitrogens with zero attached hydrogens (tertiary/aromatic N) is 2. The van der Waals surface area contributed by atoms with Crippen LogP contribution in [0, 0.1) is 6.92 Å². The molecule has 2 heterocycles. The molecule has 0 bridgehead atoms.